The summed E-state index contributed by atoms with van der Waals surface area (Å²) in [5, 5.41) is 0. The molecule has 0 heterocycles. The van der Waals surface area contributed by atoms with Crippen molar-refractivity contribution in [3.63, 3.8) is 0 Å². The van der Waals surface area contributed by atoms with E-state index in [4.69, 9.17) is 0 Å². The van der Waals surface area contributed by atoms with Crippen molar-refractivity contribution in [3.05, 3.63) is 0 Å². The monoisotopic (exact) mass is 387 g/mol. The maximum Gasteiger partial charge on any atom is 0.389 e. The molecule has 0 N–H and O–H groups in total. The van der Waals surface area contributed by atoms with Gasteiger partial charge in [-0.15, -0.1) is 0 Å². The molecule has 0 rings (SSSR count). The molecule has 0 fully saturated rings. The van der Waals surface area contributed by atoms with Crippen LogP contribution in [-0.4, -0.2) is 31.2 Å². The third kappa shape index (κ3) is 17.0. The summed E-state index contributed by atoms with van der Waals surface area (Å²) in [5.41, 5.74) is 0. The van der Waals surface area contributed by atoms with Crippen molar-refractivity contribution in [1.29, 1.82) is 0 Å². The van der Waals surface area contributed by atoms with Crippen LogP contribution in [0.4, 0.5) is 22.0 Å². The fourth-order valence-corrected chi connectivity index (χ4v) is 3.01. The fraction of sp³-hybridized carbons (Fsp3) is 1.00. The van der Waals surface area contributed by atoms with Crippen LogP contribution in [0, 0.1) is 0 Å². The molecule has 0 aromatic carbocycles. The molecule has 0 aliphatic carbocycles. The average Bonchev–Trinajstić information content (AvgIpc) is 2.53. The van der Waals surface area contributed by atoms with E-state index in [0.29, 0.717) is 12.8 Å². The summed E-state index contributed by atoms with van der Waals surface area (Å²) in [7, 11) is 2.82. The molecule has 0 aliphatic rings. The number of unbranched alkanes of at least 4 members (excludes halogenated alkanes) is 13. The normalized spacial score (nSPS) is 12.9. The topological polar surface area (TPSA) is 3.24 Å². The maximum absolute atomic E-state index is 13.3. The molecule has 0 atom stereocenters. The summed E-state index contributed by atoms with van der Waals surface area (Å²) in [6.45, 7) is 0. The van der Waals surface area contributed by atoms with Crippen molar-refractivity contribution < 1.29 is 22.0 Å². The summed E-state index contributed by atoms with van der Waals surface area (Å²) in [6, 6.07) is -2.68. The van der Waals surface area contributed by atoms with E-state index in [9.17, 15) is 22.0 Å². The lowest BCUT2D eigenvalue weighted by Crippen LogP contribution is -2.34. The summed E-state index contributed by atoms with van der Waals surface area (Å²) in [6.07, 6.45) is 8.81. The minimum Gasteiger partial charge on any atom is -0.251 e. The van der Waals surface area contributed by atoms with Gasteiger partial charge in [0, 0.05) is 12.8 Å². The van der Waals surface area contributed by atoms with E-state index in [-0.39, 0.29) is 12.8 Å². The summed E-state index contributed by atoms with van der Waals surface area (Å²) >= 11 is 0. The lowest BCUT2D eigenvalue weighted by molar-refractivity contribution is -0.135. The van der Waals surface area contributed by atoms with Gasteiger partial charge in [-0.1, -0.05) is 77.0 Å². The van der Waals surface area contributed by atoms with E-state index in [1.807, 2.05) is 0 Å². The van der Waals surface area contributed by atoms with Gasteiger partial charge in [-0.05, 0) is 26.9 Å². The van der Waals surface area contributed by atoms with Crippen molar-refractivity contribution in [1.82, 2.24) is 4.90 Å². The molecule has 0 bridgehead atoms. The van der Waals surface area contributed by atoms with Crippen LogP contribution in [0.3, 0.4) is 0 Å². The minimum absolute atomic E-state index is 0.0593. The molecule has 158 valence electrons. The zero-order valence-electron chi connectivity index (χ0n) is 16.7. The largest absolute Gasteiger partial charge is 0.389 e. The van der Waals surface area contributed by atoms with Crippen LogP contribution in [0.5, 0.6) is 0 Å². The van der Waals surface area contributed by atoms with Crippen LogP contribution in [0.25, 0.3) is 0 Å². The number of halogens is 5. The highest BCUT2D eigenvalue weighted by molar-refractivity contribution is 4.62. The van der Waals surface area contributed by atoms with Crippen molar-refractivity contribution in [2.75, 3.05) is 14.1 Å². The molecule has 0 aliphatic heterocycles. The lowest BCUT2D eigenvalue weighted by atomic mass is 10.0. The van der Waals surface area contributed by atoms with Crippen LogP contribution in [-0.2, 0) is 0 Å². The predicted molar refractivity (Wildman–Crippen MR) is 98.6 cm³/mol. The van der Waals surface area contributed by atoms with Gasteiger partial charge in [0.1, 0.15) is 0 Å². The number of nitrogens with zero attached hydrogens (tertiary/aromatic N) is 1. The van der Waals surface area contributed by atoms with Gasteiger partial charge in [0.15, 0.2) is 0 Å². The molecule has 6 heteroatoms. The Hall–Kier alpha value is -0.390. The predicted octanol–water partition coefficient (Wildman–Crippen LogP) is 7.94. The summed E-state index contributed by atoms with van der Waals surface area (Å²) in [4.78, 5) is 0.982. The second-order valence-corrected chi connectivity index (χ2v) is 7.63. The Morgan fingerprint density at radius 1 is 0.462 bits per heavy atom. The first-order valence-corrected chi connectivity index (χ1v) is 10.3. The van der Waals surface area contributed by atoms with Gasteiger partial charge in [-0.3, -0.25) is 4.90 Å². The molecule has 0 aromatic rings. The van der Waals surface area contributed by atoms with Gasteiger partial charge in [-0.25, -0.2) is 0 Å². The lowest BCUT2D eigenvalue weighted by Gasteiger charge is -2.23. The van der Waals surface area contributed by atoms with Crippen LogP contribution >= 0.6 is 0 Å². The van der Waals surface area contributed by atoms with E-state index in [0.717, 1.165) is 43.4 Å². The van der Waals surface area contributed by atoms with Crippen molar-refractivity contribution in [2.45, 2.75) is 115 Å². The molecule has 0 unspecified atom stereocenters. The standard InChI is InChI=1S/C20H38F5N/c1-26(2)20(24,25)18-16-14-12-10-8-6-4-3-5-7-9-11-13-15-17-19(21,22)23/h3-18H2,1-2H3. The molecule has 0 spiro atoms. The Labute approximate surface area is 156 Å². The second kappa shape index (κ2) is 14.6. The van der Waals surface area contributed by atoms with Gasteiger partial charge >= 0.3 is 12.2 Å². The second-order valence-electron chi connectivity index (χ2n) is 7.63. The SMILES string of the molecule is CN(C)C(F)(F)CCCCCCCCCCCCCCCCC(F)(F)F. The summed E-state index contributed by atoms with van der Waals surface area (Å²) < 4.78 is 62.6. The molecule has 0 saturated carbocycles. The summed E-state index contributed by atoms with van der Waals surface area (Å²) in [5.74, 6) is 0. The number of alkyl halides is 5. The quantitative estimate of drug-likeness (QED) is 0.139. The first kappa shape index (κ1) is 25.6. The average molecular weight is 388 g/mol. The third-order valence-electron chi connectivity index (χ3n) is 4.84. The third-order valence-corrected chi connectivity index (χ3v) is 4.84. The zero-order valence-corrected chi connectivity index (χ0v) is 16.7. The zero-order chi connectivity index (χ0) is 19.9. The first-order valence-electron chi connectivity index (χ1n) is 10.3. The molecule has 26 heavy (non-hydrogen) atoms. The number of rotatable bonds is 17. The van der Waals surface area contributed by atoms with Gasteiger partial charge in [0.2, 0.25) is 0 Å². The Balaban J connectivity index is 3.18. The molecule has 1 nitrogen and oxygen atoms in total. The first-order chi connectivity index (χ1) is 12.2. The molecule has 0 saturated heterocycles. The molecule has 0 amide bonds. The Kier molecular flexibility index (Phi) is 14.4. The van der Waals surface area contributed by atoms with Gasteiger partial charge in [0.25, 0.3) is 0 Å². The number of hydrogen-bond acceptors (Lipinski definition) is 1. The minimum atomic E-state index is -4.00. The molecular formula is C20H38F5N. The van der Waals surface area contributed by atoms with Gasteiger partial charge in [-0.2, -0.15) is 22.0 Å². The van der Waals surface area contributed by atoms with E-state index >= 15 is 0 Å². The highest BCUT2D eigenvalue weighted by atomic mass is 19.4. The Morgan fingerprint density at radius 2 is 0.731 bits per heavy atom. The Bertz CT molecular complexity index is 316. The Morgan fingerprint density at radius 3 is 1.00 bits per heavy atom. The van der Waals surface area contributed by atoms with Crippen LogP contribution in [0.2, 0.25) is 0 Å². The van der Waals surface area contributed by atoms with Crippen LogP contribution in [0.1, 0.15) is 103 Å². The van der Waals surface area contributed by atoms with Gasteiger partial charge in [0.05, 0.1) is 0 Å². The van der Waals surface area contributed by atoms with E-state index in [1.165, 1.54) is 46.2 Å². The molecule has 0 radical (unpaired) electrons. The smallest absolute Gasteiger partial charge is 0.251 e. The van der Waals surface area contributed by atoms with Crippen LogP contribution in [0.15, 0.2) is 0 Å². The van der Waals surface area contributed by atoms with Crippen molar-refractivity contribution in [3.8, 4) is 0 Å². The van der Waals surface area contributed by atoms with Gasteiger partial charge < -0.3 is 0 Å². The highest BCUT2D eigenvalue weighted by Crippen LogP contribution is 2.24. The van der Waals surface area contributed by atoms with E-state index < -0.39 is 18.6 Å². The molecule has 0 aromatic heterocycles. The van der Waals surface area contributed by atoms with E-state index in [1.54, 1.807) is 0 Å². The van der Waals surface area contributed by atoms with Crippen LogP contribution < -0.4 is 0 Å². The number of hydrogen-bond donors (Lipinski definition) is 0. The fourth-order valence-electron chi connectivity index (χ4n) is 3.01. The molecular weight excluding hydrogens is 349 g/mol. The highest BCUT2D eigenvalue weighted by Gasteiger charge is 2.30. The maximum atomic E-state index is 13.3. The van der Waals surface area contributed by atoms with Crippen molar-refractivity contribution >= 4 is 0 Å². The van der Waals surface area contributed by atoms with Crippen molar-refractivity contribution in [2.24, 2.45) is 0 Å². The van der Waals surface area contributed by atoms with E-state index in [2.05, 4.69) is 0 Å².